The molecule has 0 bridgehead atoms. The molecule has 2 fully saturated rings. The number of rotatable bonds is 1. The van der Waals surface area contributed by atoms with Gasteiger partial charge in [-0.2, -0.15) is 0 Å². The first kappa shape index (κ1) is 13.5. The van der Waals surface area contributed by atoms with Crippen molar-refractivity contribution in [3.05, 3.63) is 34.9 Å². The summed E-state index contributed by atoms with van der Waals surface area (Å²) in [5, 5.41) is 4.53. The highest BCUT2D eigenvalue weighted by molar-refractivity contribution is 6.31. The Bertz CT molecular complexity index is 468. The smallest absolute Gasteiger partial charge is 0.0441 e. The lowest BCUT2D eigenvalue weighted by Crippen LogP contribution is -2.49. The van der Waals surface area contributed by atoms with Gasteiger partial charge in [-0.1, -0.05) is 50.1 Å². The molecule has 1 nitrogen and oxygen atoms in total. The molecular formula is C17H24ClN. The Morgan fingerprint density at radius 3 is 2.63 bits per heavy atom. The topological polar surface area (TPSA) is 12.0 Å². The molecule has 1 spiro atoms. The Balaban J connectivity index is 2.05. The Morgan fingerprint density at radius 1 is 1.16 bits per heavy atom. The van der Waals surface area contributed by atoms with Crippen LogP contribution in [0.5, 0.6) is 0 Å². The summed E-state index contributed by atoms with van der Waals surface area (Å²) in [5.41, 5.74) is 2.22. The Labute approximate surface area is 121 Å². The molecule has 1 saturated carbocycles. The molecule has 19 heavy (non-hydrogen) atoms. The maximum atomic E-state index is 6.48. The van der Waals surface area contributed by atoms with Crippen molar-refractivity contribution in [2.45, 2.75) is 45.4 Å². The fraction of sp³-hybridized carbons (Fsp3) is 0.647. The van der Waals surface area contributed by atoms with Gasteiger partial charge in [-0.05, 0) is 48.3 Å². The SMILES string of the molecule is CC1(C)CCCC12CCNCC2c1ccccc1Cl. The third kappa shape index (κ3) is 2.02. The molecule has 2 aliphatic rings. The lowest BCUT2D eigenvalue weighted by molar-refractivity contribution is 0.0419. The second-order valence-electron chi connectivity index (χ2n) is 6.92. The first-order valence-corrected chi connectivity index (χ1v) is 7.90. The molecule has 2 heteroatoms. The first-order valence-electron chi connectivity index (χ1n) is 7.52. The van der Waals surface area contributed by atoms with Crippen LogP contribution in [0.1, 0.15) is 51.0 Å². The molecule has 1 saturated heterocycles. The van der Waals surface area contributed by atoms with Crippen LogP contribution >= 0.6 is 11.6 Å². The van der Waals surface area contributed by atoms with Crippen LogP contribution in [0, 0.1) is 10.8 Å². The minimum atomic E-state index is 0.430. The van der Waals surface area contributed by atoms with Crippen molar-refractivity contribution < 1.29 is 0 Å². The van der Waals surface area contributed by atoms with Crippen LogP contribution < -0.4 is 5.32 Å². The number of piperidine rings is 1. The molecule has 1 aliphatic carbocycles. The summed E-state index contributed by atoms with van der Waals surface area (Å²) >= 11 is 6.48. The van der Waals surface area contributed by atoms with E-state index in [2.05, 4.69) is 31.3 Å². The summed E-state index contributed by atoms with van der Waals surface area (Å²) in [6.07, 6.45) is 5.37. The molecular weight excluding hydrogens is 254 g/mol. The highest BCUT2D eigenvalue weighted by Gasteiger charge is 2.54. The largest absolute Gasteiger partial charge is 0.316 e. The molecule has 1 heterocycles. The van der Waals surface area contributed by atoms with Crippen LogP contribution in [0.15, 0.2) is 24.3 Å². The van der Waals surface area contributed by atoms with Crippen LogP contribution in [0.25, 0.3) is 0 Å². The molecule has 1 aromatic carbocycles. The van der Waals surface area contributed by atoms with E-state index in [4.69, 9.17) is 11.6 Å². The third-order valence-electron chi connectivity index (χ3n) is 5.82. The highest BCUT2D eigenvalue weighted by Crippen LogP contribution is 2.62. The van der Waals surface area contributed by atoms with Gasteiger partial charge in [0.2, 0.25) is 0 Å². The molecule has 3 rings (SSSR count). The van der Waals surface area contributed by atoms with Crippen LogP contribution in [0.4, 0.5) is 0 Å². The van der Waals surface area contributed by atoms with Crippen LogP contribution in [-0.2, 0) is 0 Å². The Morgan fingerprint density at radius 2 is 1.95 bits per heavy atom. The van der Waals surface area contributed by atoms with Gasteiger partial charge in [0.1, 0.15) is 0 Å². The second-order valence-corrected chi connectivity index (χ2v) is 7.33. The fourth-order valence-electron chi connectivity index (χ4n) is 4.64. The van der Waals surface area contributed by atoms with Crippen LogP contribution in [0.2, 0.25) is 5.02 Å². The predicted molar refractivity (Wildman–Crippen MR) is 81.7 cm³/mol. The van der Waals surface area contributed by atoms with E-state index < -0.39 is 0 Å². The standard InChI is InChI=1S/C17H24ClN/c1-16(2)8-5-9-17(16)10-11-19-12-14(17)13-6-3-4-7-15(13)18/h3-4,6-7,14,19H,5,8-12H2,1-2H3. The van der Waals surface area contributed by atoms with E-state index in [-0.39, 0.29) is 0 Å². The van der Waals surface area contributed by atoms with Gasteiger partial charge in [-0.3, -0.25) is 0 Å². The maximum Gasteiger partial charge on any atom is 0.0441 e. The van der Waals surface area contributed by atoms with Gasteiger partial charge in [0, 0.05) is 17.5 Å². The molecule has 1 aliphatic heterocycles. The monoisotopic (exact) mass is 277 g/mol. The van der Waals surface area contributed by atoms with E-state index >= 15 is 0 Å². The molecule has 1 aromatic rings. The number of halogens is 1. The van der Waals surface area contributed by atoms with E-state index in [1.165, 1.54) is 31.2 Å². The predicted octanol–water partition coefficient (Wildman–Crippen LogP) is 4.61. The molecule has 0 amide bonds. The van der Waals surface area contributed by atoms with Crippen molar-refractivity contribution in [1.29, 1.82) is 0 Å². The van der Waals surface area contributed by atoms with Gasteiger partial charge in [0.15, 0.2) is 0 Å². The molecule has 2 unspecified atom stereocenters. The quantitative estimate of drug-likeness (QED) is 0.790. The zero-order valence-corrected chi connectivity index (χ0v) is 12.8. The Kier molecular flexibility index (Phi) is 3.39. The normalized spacial score (nSPS) is 33.7. The van der Waals surface area contributed by atoms with E-state index in [0.717, 1.165) is 18.1 Å². The minimum Gasteiger partial charge on any atom is -0.316 e. The summed E-state index contributed by atoms with van der Waals surface area (Å²) in [6.45, 7) is 7.17. The molecule has 1 N–H and O–H groups in total. The third-order valence-corrected chi connectivity index (χ3v) is 6.16. The number of benzene rings is 1. The van der Waals surface area contributed by atoms with E-state index in [9.17, 15) is 0 Å². The van der Waals surface area contributed by atoms with Crippen LogP contribution in [0.3, 0.4) is 0 Å². The second kappa shape index (κ2) is 4.79. The number of hydrogen-bond donors (Lipinski definition) is 1. The van der Waals surface area contributed by atoms with Crippen LogP contribution in [-0.4, -0.2) is 13.1 Å². The van der Waals surface area contributed by atoms with E-state index in [1.807, 2.05) is 12.1 Å². The zero-order valence-electron chi connectivity index (χ0n) is 12.0. The van der Waals surface area contributed by atoms with Gasteiger partial charge in [-0.15, -0.1) is 0 Å². The van der Waals surface area contributed by atoms with Crippen molar-refractivity contribution >= 4 is 11.6 Å². The summed E-state index contributed by atoms with van der Waals surface area (Å²) < 4.78 is 0. The summed E-state index contributed by atoms with van der Waals surface area (Å²) in [5.74, 6) is 0.562. The van der Waals surface area contributed by atoms with Crippen molar-refractivity contribution in [3.63, 3.8) is 0 Å². The highest BCUT2D eigenvalue weighted by atomic mass is 35.5. The summed E-state index contributed by atoms with van der Waals surface area (Å²) in [6, 6.07) is 8.44. The van der Waals surface area contributed by atoms with Crippen molar-refractivity contribution in [2.75, 3.05) is 13.1 Å². The van der Waals surface area contributed by atoms with Crippen molar-refractivity contribution in [3.8, 4) is 0 Å². The van der Waals surface area contributed by atoms with E-state index in [0.29, 0.717) is 16.7 Å². The van der Waals surface area contributed by atoms with Crippen molar-refractivity contribution in [2.24, 2.45) is 10.8 Å². The average Bonchev–Trinajstić information content (AvgIpc) is 2.67. The Hall–Kier alpha value is -0.530. The number of hydrogen-bond acceptors (Lipinski definition) is 1. The minimum absolute atomic E-state index is 0.430. The maximum absolute atomic E-state index is 6.48. The summed E-state index contributed by atoms with van der Waals surface area (Å²) in [4.78, 5) is 0. The fourth-order valence-corrected chi connectivity index (χ4v) is 4.90. The van der Waals surface area contributed by atoms with Gasteiger partial charge in [-0.25, -0.2) is 0 Å². The molecule has 0 aromatic heterocycles. The van der Waals surface area contributed by atoms with E-state index in [1.54, 1.807) is 0 Å². The lowest BCUT2D eigenvalue weighted by atomic mass is 9.56. The van der Waals surface area contributed by atoms with Gasteiger partial charge >= 0.3 is 0 Å². The van der Waals surface area contributed by atoms with Crippen molar-refractivity contribution in [1.82, 2.24) is 5.32 Å². The first-order chi connectivity index (χ1) is 9.07. The van der Waals surface area contributed by atoms with Gasteiger partial charge < -0.3 is 5.32 Å². The molecule has 0 radical (unpaired) electrons. The molecule has 104 valence electrons. The number of nitrogens with one attached hydrogen (secondary N) is 1. The van der Waals surface area contributed by atoms with Gasteiger partial charge in [0.25, 0.3) is 0 Å². The molecule has 2 atom stereocenters. The summed E-state index contributed by atoms with van der Waals surface area (Å²) in [7, 11) is 0. The average molecular weight is 278 g/mol. The lowest BCUT2D eigenvalue weighted by Gasteiger charge is -2.51. The van der Waals surface area contributed by atoms with Gasteiger partial charge in [0.05, 0.1) is 0 Å². The zero-order chi connectivity index (χ0) is 13.5.